The van der Waals surface area contributed by atoms with Gasteiger partial charge < -0.3 is 4.57 Å². The van der Waals surface area contributed by atoms with Crippen LogP contribution >= 0.6 is 15.9 Å². The highest BCUT2D eigenvalue weighted by atomic mass is 79.9. The zero-order valence-corrected chi connectivity index (χ0v) is 14.4. The third kappa shape index (κ3) is 2.55. The van der Waals surface area contributed by atoms with Crippen LogP contribution in [0.15, 0.2) is 42.5 Å². The van der Waals surface area contributed by atoms with E-state index in [1.54, 1.807) is 18.2 Å². The van der Waals surface area contributed by atoms with Gasteiger partial charge in [-0.15, -0.1) is 0 Å². The standard InChI is InChI=1S/C19H15BrF3N/c20-10-11-5-16(6-11)24-18(12-1-3-14(21)4-2-12)8-13-7-15(22)9-17(23)19(13)24/h1-4,7-9,11,16H,5-6,10H2. The van der Waals surface area contributed by atoms with Crippen molar-refractivity contribution >= 4 is 26.8 Å². The van der Waals surface area contributed by atoms with Crippen molar-refractivity contribution in [1.29, 1.82) is 0 Å². The zero-order chi connectivity index (χ0) is 16.8. The lowest BCUT2D eigenvalue weighted by atomic mass is 9.81. The van der Waals surface area contributed by atoms with Gasteiger partial charge in [0.05, 0.1) is 5.52 Å². The monoisotopic (exact) mass is 393 g/mol. The molecule has 2 aromatic carbocycles. The van der Waals surface area contributed by atoms with E-state index in [1.807, 2.05) is 4.57 Å². The first kappa shape index (κ1) is 15.8. The Hall–Kier alpha value is -1.75. The SMILES string of the molecule is Fc1ccc(-c2cc3cc(F)cc(F)c3n2C2CC(CBr)C2)cc1. The Kier molecular flexibility index (Phi) is 3.91. The Labute approximate surface area is 146 Å². The summed E-state index contributed by atoms with van der Waals surface area (Å²) in [5.41, 5.74) is 2.02. The number of hydrogen-bond donors (Lipinski definition) is 0. The van der Waals surface area contributed by atoms with E-state index in [2.05, 4.69) is 15.9 Å². The van der Waals surface area contributed by atoms with Crippen molar-refractivity contribution in [3.8, 4) is 11.3 Å². The van der Waals surface area contributed by atoms with E-state index < -0.39 is 11.6 Å². The summed E-state index contributed by atoms with van der Waals surface area (Å²) in [6, 6.07) is 10.4. The van der Waals surface area contributed by atoms with Crippen molar-refractivity contribution in [1.82, 2.24) is 4.57 Å². The Balaban J connectivity index is 1.91. The number of fused-ring (bicyclic) bond motifs is 1. The van der Waals surface area contributed by atoms with Gasteiger partial charge in [-0.3, -0.25) is 0 Å². The van der Waals surface area contributed by atoms with Crippen molar-refractivity contribution in [2.24, 2.45) is 5.92 Å². The first-order chi connectivity index (χ1) is 11.6. The molecule has 3 aromatic rings. The Morgan fingerprint density at radius 2 is 1.67 bits per heavy atom. The molecule has 1 saturated carbocycles. The Morgan fingerprint density at radius 3 is 2.33 bits per heavy atom. The summed E-state index contributed by atoms with van der Waals surface area (Å²) in [5.74, 6) is -0.894. The Morgan fingerprint density at radius 1 is 0.958 bits per heavy atom. The van der Waals surface area contributed by atoms with Crippen LogP contribution in [0.1, 0.15) is 18.9 Å². The summed E-state index contributed by atoms with van der Waals surface area (Å²) < 4.78 is 43.3. The molecule has 5 heteroatoms. The molecule has 1 fully saturated rings. The van der Waals surface area contributed by atoms with Gasteiger partial charge in [-0.25, -0.2) is 13.2 Å². The van der Waals surface area contributed by atoms with Crippen LogP contribution in [0.4, 0.5) is 13.2 Å². The summed E-state index contributed by atoms with van der Waals surface area (Å²) in [5, 5.41) is 1.46. The second kappa shape index (κ2) is 5.96. The normalized spacial score (nSPS) is 20.3. The highest BCUT2D eigenvalue weighted by Crippen LogP contribution is 2.44. The molecule has 0 unspecified atom stereocenters. The fourth-order valence-corrected chi connectivity index (χ4v) is 4.08. The summed E-state index contributed by atoms with van der Waals surface area (Å²) in [6.07, 6.45) is 1.89. The maximum absolute atomic E-state index is 14.5. The van der Waals surface area contributed by atoms with Crippen molar-refractivity contribution in [2.75, 3.05) is 5.33 Å². The number of hydrogen-bond acceptors (Lipinski definition) is 0. The van der Waals surface area contributed by atoms with Gasteiger partial charge >= 0.3 is 0 Å². The molecule has 0 amide bonds. The highest BCUT2D eigenvalue weighted by molar-refractivity contribution is 9.09. The van der Waals surface area contributed by atoms with Crippen molar-refractivity contribution in [3.05, 3.63) is 59.9 Å². The topological polar surface area (TPSA) is 4.93 Å². The smallest absolute Gasteiger partial charge is 0.150 e. The molecular weight excluding hydrogens is 379 g/mol. The summed E-state index contributed by atoms with van der Waals surface area (Å²) >= 11 is 3.49. The van der Waals surface area contributed by atoms with Crippen LogP contribution in [0, 0.1) is 23.4 Å². The lowest BCUT2D eigenvalue weighted by Gasteiger charge is -2.37. The second-order valence-corrected chi connectivity index (χ2v) is 7.02. The second-order valence-electron chi connectivity index (χ2n) is 6.38. The van der Waals surface area contributed by atoms with Crippen molar-refractivity contribution in [3.63, 3.8) is 0 Å². The van der Waals surface area contributed by atoms with Gasteiger partial charge in [0.2, 0.25) is 0 Å². The fraction of sp³-hybridized carbons (Fsp3) is 0.263. The van der Waals surface area contributed by atoms with Crippen LogP contribution in [-0.4, -0.2) is 9.90 Å². The van der Waals surface area contributed by atoms with Crippen LogP contribution in [0.2, 0.25) is 0 Å². The lowest BCUT2D eigenvalue weighted by molar-refractivity contribution is 0.228. The van der Waals surface area contributed by atoms with Crippen LogP contribution in [-0.2, 0) is 0 Å². The molecule has 0 radical (unpaired) electrons. The van der Waals surface area contributed by atoms with E-state index in [0.717, 1.165) is 35.5 Å². The Bertz CT molecular complexity index is 895. The third-order valence-electron chi connectivity index (χ3n) is 4.78. The van der Waals surface area contributed by atoms with Crippen LogP contribution in [0.25, 0.3) is 22.2 Å². The predicted molar refractivity (Wildman–Crippen MR) is 92.8 cm³/mol. The summed E-state index contributed by atoms with van der Waals surface area (Å²) in [6.45, 7) is 0. The minimum atomic E-state index is -0.588. The molecule has 4 rings (SSSR count). The molecule has 0 aliphatic heterocycles. The summed E-state index contributed by atoms with van der Waals surface area (Å²) in [4.78, 5) is 0. The molecule has 1 aliphatic rings. The molecule has 0 spiro atoms. The first-order valence-corrected chi connectivity index (χ1v) is 9.01. The molecule has 0 saturated heterocycles. The maximum atomic E-state index is 14.5. The largest absolute Gasteiger partial charge is 0.335 e. The molecule has 24 heavy (non-hydrogen) atoms. The fourth-order valence-electron chi connectivity index (χ4n) is 3.55. The average molecular weight is 394 g/mol. The number of aromatic nitrogens is 1. The van der Waals surface area contributed by atoms with E-state index in [-0.39, 0.29) is 11.9 Å². The first-order valence-electron chi connectivity index (χ1n) is 7.88. The minimum Gasteiger partial charge on any atom is -0.335 e. The van der Waals surface area contributed by atoms with Crippen LogP contribution in [0.5, 0.6) is 0 Å². The quantitative estimate of drug-likeness (QED) is 0.475. The number of nitrogens with zero attached hydrogens (tertiary/aromatic N) is 1. The zero-order valence-electron chi connectivity index (χ0n) is 12.8. The highest BCUT2D eigenvalue weighted by Gasteiger charge is 2.32. The summed E-state index contributed by atoms with van der Waals surface area (Å²) in [7, 11) is 0. The number of alkyl halides is 1. The van der Waals surface area contributed by atoms with Gasteiger partial charge in [0.1, 0.15) is 17.5 Å². The minimum absolute atomic E-state index is 0.171. The van der Waals surface area contributed by atoms with Gasteiger partial charge in [0.15, 0.2) is 0 Å². The van der Waals surface area contributed by atoms with E-state index in [0.29, 0.717) is 16.8 Å². The number of rotatable bonds is 3. The van der Waals surface area contributed by atoms with Gasteiger partial charge in [-0.1, -0.05) is 15.9 Å². The molecular formula is C19H15BrF3N. The third-order valence-corrected chi connectivity index (χ3v) is 5.70. The van der Waals surface area contributed by atoms with E-state index >= 15 is 0 Å². The predicted octanol–water partition coefficient (Wildman–Crippen LogP) is 6.07. The molecule has 0 N–H and O–H groups in total. The van der Waals surface area contributed by atoms with E-state index in [9.17, 15) is 13.2 Å². The average Bonchev–Trinajstić information content (AvgIpc) is 2.86. The van der Waals surface area contributed by atoms with E-state index in [1.165, 1.54) is 18.2 Å². The number of benzene rings is 2. The van der Waals surface area contributed by atoms with Crippen LogP contribution in [0.3, 0.4) is 0 Å². The molecule has 124 valence electrons. The van der Waals surface area contributed by atoms with E-state index in [4.69, 9.17) is 0 Å². The molecule has 0 bridgehead atoms. The maximum Gasteiger partial charge on any atom is 0.150 e. The van der Waals surface area contributed by atoms with Gasteiger partial charge in [0, 0.05) is 28.5 Å². The molecule has 1 aliphatic carbocycles. The van der Waals surface area contributed by atoms with Crippen LogP contribution < -0.4 is 0 Å². The van der Waals surface area contributed by atoms with Crippen molar-refractivity contribution < 1.29 is 13.2 Å². The van der Waals surface area contributed by atoms with Crippen molar-refractivity contribution in [2.45, 2.75) is 18.9 Å². The molecule has 1 nitrogen and oxygen atoms in total. The van der Waals surface area contributed by atoms with Gasteiger partial charge in [0.25, 0.3) is 0 Å². The molecule has 1 aromatic heterocycles. The molecule has 0 atom stereocenters. The lowest BCUT2D eigenvalue weighted by Crippen LogP contribution is -2.28. The molecule has 1 heterocycles. The van der Waals surface area contributed by atoms with Gasteiger partial charge in [-0.05, 0) is 60.7 Å². The van der Waals surface area contributed by atoms with Gasteiger partial charge in [-0.2, -0.15) is 0 Å². The number of halogens is 4.